The first-order valence-electron chi connectivity index (χ1n) is 4.90. The molecule has 15 heavy (non-hydrogen) atoms. The van der Waals surface area contributed by atoms with Gasteiger partial charge in [-0.25, -0.2) is 0 Å². The second-order valence-corrected chi connectivity index (χ2v) is 3.74. The second-order valence-electron chi connectivity index (χ2n) is 3.74. The molecule has 0 aromatic carbocycles. The highest BCUT2D eigenvalue weighted by Crippen LogP contribution is 2.16. The van der Waals surface area contributed by atoms with Crippen LogP contribution in [-0.4, -0.2) is 14.8 Å². The van der Waals surface area contributed by atoms with Gasteiger partial charge in [0, 0.05) is 35.6 Å². The van der Waals surface area contributed by atoms with Crippen LogP contribution in [0.25, 0.3) is 11.1 Å². The SMILES string of the molecule is CC(C)n1cc(-c2cn[nH]c2)ccc1=O. The van der Waals surface area contributed by atoms with E-state index in [1.54, 1.807) is 16.8 Å². The molecule has 0 saturated carbocycles. The number of aromatic amines is 1. The molecule has 2 aromatic rings. The molecule has 0 radical (unpaired) electrons. The van der Waals surface area contributed by atoms with Gasteiger partial charge in [0.15, 0.2) is 0 Å². The van der Waals surface area contributed by atoms with Gasteiger partial charge in [0.05, 0.1) is 6.20 Å². The molecule has 0 bridgehead atoms. The van der Waals surface area contributed by atoms with E-state index in [0.29, 0.717) is 0 Å². The van der Waals surface area contributed by atoms with Gasteiger partial charge in [-0.1, -0.05) is 0 Å². The molecule has 0 saturated heterocycles. The lowest BCUT2D eigenvalue weighted by molar-refractivity contribution is 0.579. The van der Waals surface area contributed by atoms with Crippen LogP contribution in [0.3, 0.4) is 0 Å². The van der Waals surface area contributed by atoms with Crippen LogP contribution in [-0.2, 0) is 0 Å². The van der Waals surface area contributed by atoms with E-state index in [1.807, 2.05) is 32.3 Å². The van der Waals surface area contributed by atoms with Gasteiger partial charge in [-0.3, -0.25) is 9.89 Å². The summed E-state index contributed by atoms with van der Waals surface area (Å²) in [6.07, 6.45) is 5.41. The van der Waals surface area contributed by atoms with Crippen molar-refractivity contribution in [3.63, 3.8) is 0 Å². The summed E-state index contributed by atoms with van der Waals surface area (Å²) >= 11 is 0. The van der Waals surface area contributed by atoms with Crippen molar-refractivity contribution in [2.24, 2.45) is 0 Å². The summed E-state index contributed by atoms with van der Waals surface area (Å²) in [6, 6.07) is 3.57. The lowest BCUT2D eigenvalue weighted by Crippen LogP contribution is -2.20. The quantitative estimate of drug-likeness (QED) is 0.809. The smallest absolute Gasteiger partial charge is 0.250 e. The van der Waals surface area contributed by atoms with E-state index in [0.717, 1.165) is 11.1 Å². The van der Waals surface area contributed by atoms with Gasteiger partial charge in [0.2, 0.25) is 0 Å². The fourth-order valence-electron chi connectivity index (χ4n) is 1.49. The molecule has 0 aliphatic rings. The molecule has 2 rings (SSSR count). The minimum absolute atomic E-state index is 0.0252. The van der Waals surface area contributed by atoms with Crippen LogP contribution in [0.15, 0.2) is 35.5 Å². The summed E-state index contributed by atoms with van der Waals surface area (Å²) in [7, 11) is 0. The summed E-state index contributed by atoms with van der Waals surface area (Å²) in [5, 5.41) is 6.64. The summed E-state index contributed by atoms with van der Waals surface area (Å²) in [5.41, 5.74) is 2.01. The molecule has 0 aliphatic heterocycles. The van der Waals surface area contributed by atoms with Gasteiger partial charge >= 0.3 is 0 Å². The largest absolute Gasteiger partial charge is 0.312 e. The fourth-order valence-corrected chi connectivity index (χ4v) is 1.49. The first-order valence-corrected chi connectivity index (χ1v) is 4.90. The van der Waals surface area contributed by atoms with Crippen molar-refractivity contribution in [1.82, 2.24) is 14.8 Å². The topological polar surface area (TPSA) is 50.7 Å². The summed E-state index contributed by atoms with van der Waals surface area (Å²) in [4.78, 5) is 11.5. The monoisotopic (exact) mass is 203 g/mol. The summed E-state index contributed by atoms with van der Waals surface area (Å²) in [5.74, 6) is 0. The van der Waals surface area contributed by atoms with Crippen molar-refractivity contribution in [2.45, 2.75) is 19.9 Å². The highest BCUT2D eigenvalue weighted by molar-refractivity contribution is 5.60. The molecule has 4 nitrogen and oxygen atoms in total. The predicted molar refractivity (Wildman–Crippen MR) is 58.7 cm³/mol. The average molecular weight is 203 g/mol. The van der Waals surface area contributed by atoms with E-state index < -0.39 is 0 Å². The van der Waals surface area contributed by atoms with E-state index in [-0.39, 0.29) is 11.6 Å². The van der Waals surface area contributed by atoms with Crippen LogP contribution in [0.5, 0.6) is 0 Å². The number of aromatic nitrogens is 3. The van der Waals surface area contributed by atoms with Crippen LogP contribution in [0.1, 0.15) is 19.9 Å². The predicted octanol–water partition coefficient (Wildman–Crippen LogP) is 1.82. The molecule has 0 unspecified atom stereocenters. The van der Waals surface area contributed by atoms with E-state index >= 15 is 0 Å². The number of nitrogens with zero attached hydrogens (tertiary/aromatic N) is 2. The Labute approximate surface area is 87.6 Å². The molecule has 0 atom stereocenters. The molecule has 2 aromatic heterocycles. The van der Waals surface area contributed by atoms with Gasteiger partial charge in [0.1, 0.15) is 0 Å². The van der Waals surface area contributed by atoms with Crippen LogP contribution in [0, 0.1) is 0 Å². The van der Waals surface area contributed by atoms with Crippen molar-refractivity contribution >= 4 is 0 Å². The van der Waals surface area contributed by atoms with Crippen LogP contribution in [0.4, 0.5) is 0 Å². The van der Waals surface area contributed by atoms with Crippen LogP contribution >= 0.6 is 0 Å². The average Bonchev–Trinajstić information content (AvgIpc) is 2.71. The van der Waals surface area contributed by atoms with Crippen molar-refractivity contribution in [2.75, 3.05) is 0 Å². The Hall–Kier alpha value is -1.84. The number of hydrogen-bond donors (Lipinski definition) is 1. The zero-order valence-corrected chi connectivity index (χ0v) is 8.77. The zero-order valence-electron chi connectivity index (χ0n) is 8.77. The fraction of sp³-hybridized carbons (Fsp3) is 0.273. The minimum atomic E-state index is 0.0252. The van der Waals surface area contributed by atoms with E-state index in [2.05, 4.69) is 10.2 Å². The van der Waals surface area contributed by atoms with Gasteiger partial charge in [-0.2, -0.15) is 5.10 Å². The Morgan fingerprint density at radius 1 is 1.33 bits per heavy atom. The Balaban J connectivity index is 2.53. The Bertz CT molecular complexity index is 497. The maximum Gasteiger partial charge on any atom is 0.250 e. The van der Waals surface area contributed by atoms with E-state index in [1.165, 1.54) is 0 Å². The molecule has 0 spiro atoms. The van der Waals surface area contributed by atoms with E-state index in [9.17, 15) is 4.79 Å². The number of rotatable bonds is 2. The number of H-pyrrole nitrogens is 1. The Morgan fingerprint density at radius 2 is 2.13 bits per heavy atom. The molecule has 2 heterocycles. The van der Waals surface area contributed by atoms with Crippen molar-refractivity contribution < 1.29 is 0 Å². The maximum atomic E-state index is 11.5. The number of hydrogen-bond acceptors (Lipinski definition) is 2. The summed E-state index contributed by atoms with van der Waals surface area (Å²) < 4.78 is 1.71. The molecular weight excluding hydrogens is 190 g/mol. The third-order valence-electron chi connectivity index (χ3n) is 2.33. The molecule has 0 amide bonds. The van der Waals surface area contributed by atoms with Crippen LogP contribution in [0.2, 0.25) is 0 Å². The Morgan fingerprint density at radius 3 is 2.73 bits per heavy atom. The lowest BCUT2D eigenvalue weighted by Gasteiger charge is -2.10. The van der Waals surface area contributed by atoms with Crippen molar-refractivity contribution in [3.05, 3.63) is 41.1 Å². The molecular formula is C11H13N3O. The second kappa shape index (κ2) is 3.73. The van der Waals surface area contributed by atoms with E-state index in [4.69, 9.17) is 0 Å². The van der Waals surface area contributed by atoms with Crippen molar-refractivity contribution in [3.8, 4) is 11.1 Å². The first kappa shape index (κ1) is 9.71. The molecule has 0 fully saturated rings. The van der Waals surface area contributed by atoms with Gasteiger partial charge in [-0.05, 0) is 19.9 Å². The minimum Gasteiger partial charge on any atom is -0.312 e. The number of pyridine rings is 1. The normalized spacial score (nSPS) is 10.9. The first-order chi connectivity index (χ1) is 7.18. The highest BCUT2D eigenvalue weighted by Gasteiger charge is 2.04. The number of nitrogens with one attached hydrogen (secondary N) is 1. The highest BCUT2D eigenvalue weighted by atomic mass is 16.1. The van der Waals surface area contributed by atoms with Gasteiger partial charge in [-0.15, -0.1) is 0 Å². The lowest BCUT2D eigenvalue weighted by atomic mass is 10.1. The van der Waals surface area contributed by atoms with Gasteiger partial charge in [0.25, 0.3) is 5.56 Å². The standard InChI is InChI=1S/C11H13N3O/c1-8(2)14-7-9(3-4-11(14)15)10-5-12-13-6-10/h3-8H,1-2H3,(H,12,13). The third-order valence-corrected chi connectivity index (χ3v) is 2.33. The Kier molecular flexibility index (Phi) is 2.41. The van der Waals surface area contributed by atoms with Gasteiger partial charge < -0.3 is 4.57 Å². The zero-order chi connectivity index (χ0) is 10.8. The maximum absolute atomic E-state index is 11.5. The summed E-state index contributed by atoms with van der Waals surface area (Å²) in [6.45, 7) is 3.97. The third kappa shape index (κ3) is 1.83. The molecule has 4 heteroatoms. The molecule has 0 aliphatic carbocycles. The van der Waals surface area contributed by atoms with Crippen LogP contribution < -0.4 is 5.56 Å². The van der Waals surface area contributed by atoms with Crippen molar-refractivity contribution in [1.29, 1.82) is 0 Å². The molecule has 78 valence electrons. The molecule has 1 N–H and O–H groups in total.